The standard InChI is InChI=1S/C23H24N2O6S/c1-14-18(23(27)31-13-15-8-5-4-6-9-15)19(20(21(24)25-14)22(26)30-2)16-10-7-11-17(12-16)32(3,28)29/h4-12,19,25H,13,24H2,1-3H3. The van der Waals surface area contributed by atoms with E-state index >= 15 is 0 Å². The van der Waals surface area contributed by atoms with Crippen LogP contribution in [0, 0.1) is 0 Å². The van der Waals surface area contributed by atoms with Crippen LogP contribution in [0.3, 0.4) is 0 Å². The molecule has 0 bridgehead atoms. The molecule has 1 unspecified atom stereocenters. The Morgan fingerprint density at radius 3 is 2.34 bits per heavy atom. The fourth-order valence-electron chi connectivity index (χ4n) is 3.52. The molecule has 3 rings (SSSR count). The van der Waals surface area contributed by atoms with Gasteiger partial charge in [-0.2, -0.15) is 0 Å². The zero-order valence-electron chi connectivity index (χ0n) is 17.9. The molecule has 0 fully saturated rings. The zero-order chi connectivity index (χ0) is 23.5. The summed E-state index contributed by atoms with van der Waals surface area (Å²) in [4.78, 5) is 25.8. The van der Waals surface area contributed by atoms with E-state index in [1.54, 1.807) is 19.1 Å². The fraction of sp³-hybridized carbons (Fsp3) is 0.217. The average molecular weight is 457 g/mol. The highest BCUT2D eigenvalue weighted by Gasteiger charge is 2.38. The number of hydrogen-bond acceptors (Lipinski definition) is 8. The molecule has 1 aliphatic rings. The van der Waals surface area contributed by atoms with Crippen molar-refractivity contribution < 1.29 is 27.5 Å². The maximum atomic E-state index is 13.2. The Labute approximate surface area is 186 Å². The Balaban J connectivity index is 2.08. The molecule has 8 nitrogen and oxygen atoms in total. The summed E-state index contributed by atoms with van der Waals surface area (Å²) in [6, 6.07) is 15.2. The third-order valence-corrected chi connectivity index (χ3v) is 6.16. The largest absolute Gasteiger partial charge is 0.466 e. The number of nitrogens with one attached hydrogen (secondary N) is 1. The van der Waals surface area contributed by atoms with E-state index < -0.39 is 27.7 Å². The Hall–Kier alpha value is -3.59. The molecule has 32 heavy (non-hydrogen) atoms. The molecule has 0 spiro atoms. The van der Waals surface area contributed by atoms with Crippen LogP contribution < -0.4 is 11.1 Å². The quantitative estimate of drug-likeness (QED) is 0.634. The van der Waals surface area contributed by atoms with E-state index in [2.05, 4.69) is 5.32 Å². The molecule has 1 heterocycles. The van der Waals surface area contributed by atoms with Gasteiger partial charge in [0.05, 0.1) is 29.1 Å². The second-order valence-electron chi connectivity index (χ2n) is 7.32. The van der Waals surface area contributed by atoms with Gasteiger partial charge in [0.2, 0.25) is 0 Å². The molecule has 0 aromatic heterocycles. The van der Waals surface area contributed by atoms with Gasteiger partial charge in [0, 0.05) is 12.0 Å². The van der Waals surface area contributed by atoms with E-state index in [4.69, 9.17) is 15.2 Å². The predicted molar refractivity (Wildman–Crippen MR) is 118 cm³/mol. The van der Waals surface area contributed by atoms with Crippen molar-refractivity contribution in [1.29, 1.82) is 0 Å². The highest BCUT2D eigenvalue weighted by atomic mass is 32.2. The summed E-state index contributed by atoms with van der Waals surface area (Å²) in [5, 5.41) is 2.84. The van der Waals surface area contributed by atoms with Crippen molar-refractivity contribution in [2.45, 2.75) is 24.3 Å². The summed E-state index contributed by atoms with van der Waals surface area (Å²) in [5.74, 6) is -2.37. The van der Waals surface area contributed by atoms with Gasteiger partial charge in [-0.25, -0.2) is 18.0 Å². The number of carbonyl (C=O) groups excluding carboxylic acids is 2. The summed E-state index contributed by atoms with van der Waals surface area (Å²) in [5.41, 5.74) is 7.80. The lowest BCUT2D eigenvalue weighted by molar-refractivity contribution is -0.140. The van der Waals surface area contributed by atoms with Gasteiger partial charge in [0.25, 0.3) is 0 Å². The molecular weight excluding hydrogens is 432 g/mol. The molecule has 9 heteroatoms. The number of carbonyl (C=O) groups is 2. The minimum atomic E-state index is -3.53. The molecule has 1 aliphatic heterocycles. The third-order valence-electron chi connectivity index (χ3n) is 5.05. The first kappa shape index (κ1) is 23.1. The number of benzene rings is 2. The number of esters is 2. The number of nitrogens with two attached hydrogens (primary N) is 1. The molecule has 0 radical (unpaired) electrons. The summed E-state index contributed by atoms with van der Waals surface area (Å²) >= 11 is 0. The molecule has 2 aromatic rings. The van der Waals surface area contributed by atoms with E-state index in [0.717, 1.165) is 11.8 Å². The van der Waals surface area contributed by atoms with E-state index in [9.17, 15) is 18.0 Å². The lowest BCUT2D eigenvalue weighted by Gasteiger charge is -2.30. The Kier molecular flexibility index (Phi) is 6.69. The van der Waals surface area contributed by atoms with Crippen molar-refractivity contribution >= 4 is 21.8 Å². The van der Waals surface area contributed by atoms with Gasteiger partial charge >= 0.3 is 11.9 Å². The number of methoxy groups -OCH3 is 1. The van der Waals surface area contributed by atoms with Gasteiger partial charge in [-0.05, 0) is 30.2 Å². The molecule has 0 saturated heterocycles. The molecule has 0 aliphatic carbocycles. The summed E-state index contributed by atoms with van der Waals surface area (Å²) < 4.78 is 34.6. The van der Waals surface area contributed by atoms with Gasteiger partial charge in [0.1, 0.15) is 12.4 Å². The van der Waals surface area contributed by atoms with Crippen LogP contribution in [0.4, 0.5) is 0 Å². The maximum absolute atomic E-state index is 13.2. The van der Waals surface area contributed by atoms with E-state index in [0.29, 0.717) is 11.3 Å². The number of hydrogen-bond donors (Lipinski definition) is 2. The summed E-state index contributed by atoms with van der Waals surface area (Å²) in [7, 11) is -2.33. The minimum absolute atomic E-state index is 0.00425. The van der Waals surface area contributed by atoms with Crippen molar-refractivity contribution in [2.24, 2.45) is 5.73 Å². The van der Waals surface area contributed by atoms with Crippen LogP contribution in [0.5, 0.6) is 0 Å². The van der Waals surface area contributed by atoms with Crippen LogP contribution in [0.2, 0.25) is 0 Å². The molecule has 168 valence electrons. The highest BCUT2D eigenvalue weighted by Crippen LogP contribution is 2.39. The number of sulfone groups is 1. The highest BCUT2D eigenvalue weighted by molar-refractivity contribution is 7.90. The maximum Gasteiger partial charge on any atom is 0.338 e. The van der Waals surface area contributed by atoms with Crippen LogP contribution in [0.25, 0.3) is 0 Å². The van der Waals surface area contributed by atoms with Gasteiger partial charge < -0.3 is 20.5 Å². The Bertz CT molecular complexity index is 1220. The van der Waals surface area contributed by atoms with E-state index in [1.807, 2.05) is 30.3 Å². The van der Waals surface area contributed by atoms with Gasteiger partial charge in [-0.15, -0.1) is 0 Å². The van der Waals surface area contributed by atoms with Crippen LogP contribution in [0.1, 0.15) is 24.0 Å². The first-order valence-corrected chi connectivity index (χ1v) is 11.6. The number of dihydropyridines is 1. The van der Waals surface area contributed by atoms with Crippen LogP contribution in [-0.4, -0.2) is 33.7 Å². The van der Waals surface area contributed by atoms with Crippen molar-refractivity contribution in [1.82, 2.24) is 5.32 Å². The minimum Gasteiger partial charge on any atom is -0.466 e. The second kappa shape index (κ2) is 9.27. The first-order chi connectivity index (χ1) is 15.1. The monoisotopic (exact) mass is 456 g/mol. The number of ether oxygens (including phenoxy) is 2. The SMILES string of the molecule is COC(=O)C1=C(N)NC(C)=C(C(=O)OCc2ccccc2)C1c1cccc(S(C)(=O)=O)c1. The van der Waals surface area contributed by atoms with Gasteiger partial charge in [0.15, 0.2) is 9.84 Å². The topological polar surface area (TPSA) is 125 Å². The van der Waals surface area contributed by atoms with Crippen LogP contribution >= 0.6 is 0 Å². The van der Waals surface area contributed by atoms with E-state index in [1.165, 1.54) is 19.2 Å². The first-order valence-electron chi connectivity index (χ1n) is 9.70. The van der Waals surface area contributed by atoms with Crippen LogP contribution in [-0.2, 0) is 35.5 Å². The van der Waals surface area contributed by atoms with Crippen molar-refractivity contribution in [3.8, 4) is 0 Å². The molecule has 2 aromatic carbocycles. The fourth-order valence-corrected chi connectivity index (χ4v) is 4.20. The van der Waals surface area contributed by atoms with Crippen molar-refractivity contribution in [3.05, 3.63) is 88.4 Å². The molecule has 3 N–H and O–H groups in total. The lowest BCUT2D eigenvalue weighted by Crippen LogP contribution is -2.36. The normalized spacial score (nSPS) is 16.4. The van der Waals surface area contributed by atoms with Gasteiger partial charge in [-0.1, -0.05) is 42.5 Å². The molecule has 1 atom stereocenters. The molecule has 0 amide bonds. The smallest absolute Gasteiger partial charge is 0.338 e. The van der Waals surface area contributed by atoms with E-state index in [-0.39, 0.29) is 28.5 Å². The van der Waals surface area contributed by atoms with Gasteiger partial charge in [-0.3, -0.25) is 0 Å². The van der Waals surface area contributed by atoms with Crippen molar-refractivity contribution in [3.63, 3.8) is 0 Å². The van der Waals surface area contributed by atoms with Crippen molar-refractivity contribution in [2.75, 3.05) is 13.4 Å². The Morgan fingerprint density at radius 2 is 1.72 bits per heavy atom. The Morgan fingerprint density at radius 1 is 1.03 bits per heavy atom. The summed E-state index contributed by atoms with van der Waals surface area (Å²) in [6.07, 6.45) is 1.08. The predicted octanol–water partition coefficient (Wildman–Crippen LogP) is 2.14. The zero-order valence-corrected chi connectivity index (χ0v) is 18.7. The summed E-state index contributed by atoms with van der Waals surface area (Å²) in [6.45, 7) is 1.66. The number of rotatable bonds is 6. The lowest BCUT2D eigenvalue weighted by atomic mass is 9.81. The number of allylic oxidation sites excluding steroid dienone is 1. The third kappa shape index (κ3) is 4.83. The molecule has 0 saturated carbocycles. The molecular formula is C23H24N2O6S. The average Bonchev–Trinajstić information content (AvgIpc) is 2.76. The van der Waals surface area contributed by atoms with Crippen LogP contribution in [0.15, 0.2) is 82.2 Å². The second-order valence-corrected chi connectivity index (χ2v) is 9.34.